The lowest BCUT2D eigenvalue weighted by Crippen LogP contribution is -2.43. The molecular weight excluding hydrogens is 324 g/mol. The quantitative estimate of drug-likeness (QED) is 0.816. The van der Waals surface area contributed by atoms with E-state index in [4.69, 9.17) is 9.47 Å². The van der Waals surface area contributed by atoms with Gasteiger partial charge in [-0.15, -0.1) is 5.10 Å². The van der Waals surface area contributed by atoms with Crippen molar-refractivity contribution in [3.63, 3.8) is 0 Å². The van der Waals surface area contributed by atoms with Crippen molar-refractivity contribution in [2.45, 2.75) is 18.9 Å². The average Bonchev–Trinajstić information content (AvgIpc) is 3.11. The third-order valence-electron chi connectivity index (χ3n) is 4.63. The highest BCUT2D eigenvalue weighted by molar-refractivity contribution is 5.49. The molecule has 8 nitrogen and oxygen atoms in total. The molecule has 134 valence electrons. The van der Waals surface area contributed by atoms with E-state index in [1.807, 2.05) is 23.1 Å². The Morgan fingerprint density at radius 2 is 1.92 bits per heavy atom. The Balaban J connectivity index is 2.11. The van der Waals surface area contributed by atoms with Crippen LogP contribution in [-0.4, -0.2) is 35.1 Å². The normalized spacial score (nSPS) is 17.0. The van der Waals surface area contributed by atoms with Crippen LogP contribution in [0.2, 0.25) is 0 Å². The molecule has 1 aliphatic heterocycles. The molecule has 1 aromatic carbocycles. The van der Waals surface area contributed by atoms with Gasteiger partial charge in [0.1, 0.15) is 11.5 Å². The molecule has 0 bridgehead atoms. The number of methoxy groups -OCH3 is 2. The molecule has 0 aliphatic carbocycles. The van der Waals surface area contributed by atoms with E-state index in [9.17, 15) is 9.59 Å². The molecule has 25 heavy (non-hydrogen) atoms. The Labute approximate surface area is 145 Å². The van der Waals surface area contributed by atoms with E-state index >= 15 is 0 Å². The van der Waals surface area contributed by atoms with Gasteiger partial charge in [0.2, 0.25) is 5.82 Å². The summed E-state index contributed by atoms with van der Waals surface area (Å²) in [4.78, 5) is 26.4. The van der Waals surface area contributed by atoms with Gasteiger partial charge in [0, 0.05) is 26.2 Å². The Kier molecular flexibility index (Phi) is 4.52. The number of benzene rings is 1. The van der Waals surface area contributed by atoms with Crippen LogP contribution in [0.15, 0.2) is 27.8 Å². The van der Waals surface area contributed by atoms with Crippen molar-refractivity contribution < 1.29 is 9.47 Å². The van der Waals surface area contributed by atoms with Crippen LogP contribution in [0.5, 0.6) is 11.5 Å². The summed E-state index contributed by atoms with van der Waals surface area (Å²) in [6.07, 6.45) is 1.77. The predicted molar refractivity (Wildman–Crippen MR) is 93.6 cm³/mol. The maximum Gasteiger partial charge on any atom is 0.346 e. The smallest absolute Gasteiger partial charge is 0.346 e. The van der Waals surface area contributed by atoms with Crippen molar-refractivity contribution in [3.8, 4) is 11.5 Å². The third-order valence-corrected chi connectivity index (χ3v) is 4.63. The second-order valence-corrected chi connectivity index (χ2v) is 6.05. The first kappa shape index (κ1) is 17.1. The minimum Gasteiger partial charge on any atom is -0.497 e. The number of anilines is 1. The second-order valence-electron chi connectivity index (χ2n) is 6.05. The van der Waals surface area contributed by atoms with Gasteiger partial charge in [0.15, 0.2) is 0 Å². The van der Waals surface area contributed by atoms with Crippen LogP contribution in [0, 0.1) is 0 Å². The minimum atomic E-state index is -0.441. The van der Waals surface area contributed by atoms with Crippen molar-refractivity contribution in [1.82, 2.24) is 14.3 Å². The van der Waals surface area contributed by atoms with E-state index in [1.54, 1.807) is 21.3 Å². The highest BCUT2D eigenvalue weighted by Gasteiger charge is 2.32. The summed E-state index contributed by atoms with van der Waals surface area (Å²) in [6.45, 7) is 0.686. The lowest BCUT2D eigenvalue weighted by molar-refractivity contribution is 0.395. The molecule has 0 spiro atoms. The van der Waals surface area contributed by atoms with Crippen LogP contribution in [0.3, 0.4) is 0 Å². The van der Waals surface area contributed by atoms with Crippen molar-refractivity contribution in [2.75, 3.05) is 25.7 Å². The standard InChI is InChI=1S/C17H22N4O4/c1-19-16(22)15(18-20(2)17(19)23)21-9-5-6-13(21)12-10-11(24-3)7-8-14(12)25-4/h7-8,10,13H,5-6,9H2,1-4H3/t13-/m0/s1. The summed E-state index contributed by atoms with van der Waals surface area (Å²) in [6, 6.07) is 5.55. The summed E-state index contributed by atoms with van der Waals surface area (Å²) in [5.74, 6) is 1.74. The summed E-state index contributed by atoms with van der Waals surface area (Å²) in [5, 5.41) is 4.21. The number of ether oxygens (including phenoxy) is 2. The molecule has 8 heteroatoms. The second kappa shape index (κ2) is 6.62. The fourth-order valence-electron chi connectivity index (χ4n) is 3.31. The van der Waals surface area contributed by atoms with Gasteiger partial charge in [-0.2, -0.15) is 0 Å². The zero-order valence-corrected chi connectivity index (χ0v) is 14.9. The summed E-state index contributed by atoms with van der Waals surface area (Å²) in [5.41, 5.74) is 0.109. The van der Waals surface area contributed by atoms with Crippen LogP contribution in [0.25, 0.3) is 0 Å². The predicted octanol–water partition coefficient (Wildman–Crippen LogP) is 0.838. The molecule has 0 amide bonds. The Hall–Kier alpha value is -2.77. The highest BCUT2D eigenvalue weighted by atomic mass is 16.5. The van der Waals surface area contributed by atoms with Gasteiger partial charge in [-0.25, -0.2) is 9.48 Å². The fraction of sp³-hybridized carbons (Fsp3) is 0.471. The van der Waals surface area contributed by atoms with E-state index in [0.29, 0.717) is 6.54 Å². The number of rotatable bonds is 4. The largest absolute Gasteiger partial charge is 0.497 e. The number of aromatic nitrogens is 3. The molecule has 1 saturated heterocycles. The average molecular weight is 346 g/mol. The summed E-state index contributed by atoms with van der Waals surface area (Å²) >= 11 is 0. The molecule has 1 atom stereocenters. The van der Waals surface area contributed by atoms with Crippen LogP contribution in [-0.2, 0) is 14.1 Å². The van der Waals surface area contributed by atoms with Crippen molar-refractivity contribution in [1.29, 1.82) is 0 Å². The van der Waals surface area contributed by atoms with Crippen molar-refractivity contribution >= 4 is 5.82 Å². The van der Waals surface area contributed by atoms with Gasteiger partial charge < -0.3 is 14.4 Å². The fourth-order valence-corrected chi connectivity index (χ4v) is 3.31. The lowest BCUT2D eigenvalue weighted by atomic mass is 10.0. The summed E-state index contributed by atoms with van der Waals surface area (Å²) in [7, 11) is 6.24. The van der Waals surface area contributed by atoms with Gasteiger partial charge in [-0.1, -0.05) is 0 Å². The first-order valence-corrected chi connectivity index (χ1v) is 8.10. The van der Waals surface area contributed by atoms with E-state index in [1.165, 1.54) is 11.7 Å². The Morgan fingerprint density at radius 3 is 2.60 bits per heavy atom. The lowest BCUT2D eigenvalue weighted by Gasteiger charge is -2.27. The van der Waals surface area contributed by atoms with Crippen LogP contribution in [0.4, 0.5) is 5.82 Å². The van der Waals surface area contributed by atoms with Gasteiger partial charge in [0.05, 0.1) is 20.3 Å². The molecular formula is C17H22N4O4. The van der Waals surface area contributed by atoms with Crippen LogP contribution in [0.1, 0.15) is 24.4 Å². The SMILES string of the molecule is COc1ccc(OC)c([C@@H]2CCCN2c2nn(C)c(=O)n(C)c2=O)c1. The molecule has 2 aromatic rings. The van der Waals surface area contributed by atoms with Crippen molar-refractivity contribution in [3.05, 3.63) is 44.6 Å². The minimum absolute atomic E-state index is 0.0669. The van der Waals surface area contributed by atoms with E-state index in [0.717, 1.165) is 34.5 Å². The molecule has 0 saturated carbocycles. The highest BCUT2D eigenvalue weighted by Crippen LogP contribution is 2.39. The molecule has 0 radical (unpaired) electrons. The first-order valence-electron chi connectivity index (χ1n) is 8.10. The number of hydrogen-bond donors (Lipinski definition) is 0. The van der Waals surface area contributed by atoms with Crippen LogP contribution >= 0.6 is 0 Å². The summed E-state index contributed by atoms with van der Waals surface area (Å²) < 4.78 is 13.1. The molecule has 0 unspecified atom stereocenters. The maximum absolute atomic E-state index is 12.6. The monoisotopic (exact) mass is 346 g/mol. The van der Waals surface area contributed by atoms with Gasteiger partial charge in [-0.05, 0) is 31.0 Å². The third kappa shape index (κ3) is 2.88. The Morgan fingerprint density at radius 1 is 1.16 bits per heavy atom. The topological polar surface area (TPSA) is 78.6 Å². The van der Waals surface area contributed by atoms with Gasteiger partial charge in [-0.3, -0.25) is 9.36 Å². The molecule has 1 fully saturated rings. The zero-order valence-electron chi connectivity index (χ0n) is 14.9. The number of nitrogens with zero attached hydrogens (tertiary/aromatic N) is 4. The first-order chi connectivity index (χ1) is 12.0. The molecule has 1 aliphatic rings. The zero-order chi connectivity index (χ0) is 18.1. The van der Waals surface area contributed by atoms with Gasteiger partial charge in [0.25, 0.3) is 5.56 Å². The number of aryl methyl sites for hydroxylation is 1. The molecule has 3 rings (SSSR count). The molecule has 2 heterocycles. The van der Waals surface area contributed by atoms with E-state index < -0.39 is 11.2 Å². The maximum atomic E-state index is 12.6. The van der Waals surface area contributed by atoms with Gasteiger partial charge >= 0.3 is 5.69 Å². The number of hydrogen-bond acceptors (Lipinski definition) is 6. The van der Waals surface area contributed by atoms with Crippen molar-refractivity contribution in [2.24, 2.45) is 14.1 Å². The molecule has 0 N–H and O–H groups in total. The molecule has 1 aromatic heterocycles. The van der Waals surface area contributed by atoms with E-state index in [-0.39, 0.29) is 11.9 Å². The van der Waals surface area contributed by atoms with Crippen LogP contribution < -0.4 is 25.6 Å². The van der Waals surface area contributed by atoms with E-state index in [2.05, 4.69) is 5.10 Å². The Bertz CT molecular complexity index is 902.